The minimum Gasteiger partial charge on any atom is -0.387 e. The fraction of sp³-hybridized carbons (Fsp3) is 0.333. The van der Waals surface area contributed by atoms with E-state index < -0.39 is 11.9 Å². The zero-order valence-electron chi connectivity index (χ0n) is 7.22. The topological polar surface area (TPSA) is 46.2 Å². The van der Waals surface area contributed by atoms with E-state index in [0.717, 1.165) is 5.56 Å². The Morgan fingerprint density at radius 2 is 2.23 bits per heavy atom. The lowest BCUT2D eigenvalue weighted by Gasteiger charge is -2.10. The Labute approximate surface area is 84.7 Å². The van der Waals surface area contributed by atoms with Gasteiger partial charge in [0.15, 0.2) is 0 Å². The average Bonchev–Trinajstić information content (AvgIpc) is 2.10. The number of hydrogen-bond donors (Lipinski definition) is 2. The molecule has 0 aromatic heterocycles. The number of aliphatic hydroxyl groups is 1. The average molecular weight is 248 g/mol. The van der Waals surface area contributed by atoms with Gasteiger partial charge >= 0.3 is 0 Å². The Bertz CT molecular complexity index is 317. The second kappa shape index (κ2) is 4.17. The van der Waals surface area contributed by atoms with Gasteiger partial charge in [-0.2, -0.15) is 0 Å². The highest BCUT2D eigenvalue weighted by Gasteiger charge is 2.12. The molecule has 0 spiro atoms. The highest BCUT2D eigenvalue weighted by molar-refractivity contribution is 9.10. The van der Waals surface area contributed by atoms with Crippen molar-refractivity contribution in [1.29, 1.82) is 0 Å². The lowest BCUT2D eigenvalue weighted by molar-refractivity contribution is 0.181. The molecule has 1 rings (SSSR count). The van der Waals surface area contributed by atoms with E-state index in [2.05, 4.69) is 15.9 Å². The van der Waals surface area contributed by atoms with Crippen LogP contribution < -0.4 is 5.73 Å². The van der Waals surface area contributed by atoms with Crippen molar-refractivity contribution in [1.82, 2.24) is 0 Å². The molecule has 4 heteroatoms. The summed E-state index contributed by atoms with van der Waals surface area (Å²) in [7, 11) is 0. The first-order chi connectivity index (χ1) is 6.06. The second-order valence-electron chi connectivity index (χ2n) is 2.87. The minimum atomic E-state index is -0.924. The first kappa shape index (κ1) is 10.6. The molecular formula is C9H11BrFNO. The van der Waals surface area contributed by atoms with Crippen molar-refractivity contribution in [2.24, 2.45) is 5.73 Å². The Kier molecular flexibility index (Phi) is 3.41. The van der Waals surface area contributed by atoms with Crippen LogP contribution >= 0.6 is 15.9 Å². The smallest absolute Gasteiger partial charge is 0.130 e. The van der Waals surface area contributed by atoms with Crippen LogP contribution in [0.15, 0.2) is 16.6 Å². The molecule has 0 aliphatic carbocycles. The number of halogens is 2. The van der Waals surface area contributed by atoms with E-state index in [4.69, 9.17) is 5.73 Å². The number of hydrogen-bond acceptors (Lipinski definition) is 2. The van der Waals surface area contributed by atoms with Gasteiger partial charge in [0.05, 0.1) is 6.10 Å². The standard InChI is InChI=1S/C9H11BrFNO/c1-5-2-6(9(13)4-12)8(11)3-7(5)10/h2-3,9,13H,4,12H2,1H3. The summed E-state index contributed by atoms with van der Waals surface area (Å²) in [6.45, 7) is 1.86. The van der Waals surface area contributed by atoms with E-state index in [0.29, 0.717) is 4.47 Å². The minimum absolute atomic E-state index is 0.0258. The van der Waals surface area contributed by atoms with Gasteiger partial charge in [-0.05, 0) is 24.6 Å². The van der Waals surface area contributed by atoms with Crippen molar-refractivity contribution in [3.8, 4) is 0 Å². The summed E-state index contributed by atoms with van der Waals surface area (Å²) < 4.78 is 13.9. The summed E-state index contributed by atoms with van der Waals surface area (Å²) in [4.78, 5) is 0. The van der Waals surface area contributed by atoms with Crippen LogP contribution in [-0.4, -0.2) is 11.7 Å². The van der Waals surface area contributed by atoms with Crippen LogP contribution in [0.1, 0.15) is 17.2 Å². The molecule has 0 heterocycles. The molecule has 72 valence electrons. The maximum Gasteiger partial charge on any atom is 0.130 e. The molecule has 0 fully saturated rings. The maximum atomic E-state index is 13.2. The maximum absolute atomic E-state index is 13.2. The van der Waals surface area contributed by atoms with E-state index in [1.807, 2.05) is 6.92 Å². The van der Waals surface area contributed by atoms with Crippen molar-refractivity contribution < 1.29 is 9.50 Å². The molecule has 1 atom stereocenters. The van der Waals surface area contributed by atoms with Crippen molar-refractivity contribution in [2.45, 2.75) is 13.0 Å². The quantitative estimate of drug-likeness (QED) is 0.839. The first-order valence-corrected chi connectivity index (χ1v) is 4.69. The van der Waals surface area contributed by atoms with Crippen LogP contribution in [0.2, 0.25) is 0 Å². The van der Waals surface area contributed by atoms with Crippen molar-refractivity contribution >= 4 is 15.9 Å². The van der Waals surface area contributed by atoms with Crippen molar-refractivity contribution in [2.75, 3.05) is 6.54 Å². The van der Waals surface area contributed by atoms with Crippen molar-refractivity contribution in [3.05, 3.63) is 33.5 Å². The molecule has 3 N–H and O–H groups in total. The van der Waals surface area contributed by atoms with Crippen LogP contribution in [0.5, 0.6) is 0 Å². The molecule has 0 bridgehead atoms. The fourth-order valence-corrected chi connectivity index (χ4v) is 1.38. The molecular weight excluding hydrogens is 237 g/mol. The number of rotatable bonds is 2. The van der Waals surface area contributed by atoms with Gasteiger partial charge in [-0.1, -0.05) is 15.9 Å². The molecule has 0 radical (unpaired) electrons. The van der Waals surface area contributed by atoms with E-state index in [1.54, 1.807) is 6.07 Å². The van der Waals surface area contributed by atoms with Gasteiger partial charge in [0, 0.05) is 16.6 Å². The molecule has 0 aliphatic rings. The Balaban J connectivity index is 3.15. The molecule has 1 aromatic rings. The second-order valence-corrected chi connectivity index (χ2v) is 3.73. The third-order valence-electron chi connectivity index (χ3n) is 1.86. The van der Waals surface area contributed by atoms with Crippen LogP contribution in [0.3, 0.4) is 0 Å². The van der Waals surface area contributed by atoms with Gasteiger partial charge in [0.1, 0.15) is 5.82 Å². The third kappa shape index (κ3) is 2.27. The summed E-state index contributed by atoms with van der Waals surface area (Å²) in [5.74, 6) is -0.435. The molecule has 13 heavy (non-hydrogen) atoms. The highest BCUT2D eigenvalue weighted by Crippen LogP contribution is 2.24. The summed E-state index contributed by atoms with van der Waals surface area (Å²) >= 11 is 3.20. The summed E-state index contributed by atoms with van der Waals surface area (Å²) in [5, 5.41) is 9.35. The summed E-state index contributed by atoms with van der Waals surface area (Å²) in [6, 6.07) is 2.93. The Hall–Kier alpha value is -0.450. The molecule has 2 nitrogen and oxygen atoms in total. The monoisotopic (exact) mass is 247 g/mol. The van der Waals surface area contributed by atoms with Crippen LogP contribution in [0, 0.1) is 12.7 Å². The lowest BCUT2D eigenvalue weighted by Crippen LogP contribution is -2.13. The number of benzene rings is 1. The third-order valence-corrected chi connectivity index (χ3v) is 2.71. The number of aryl methyl sites for hydroxylation is 1. The van der Waals surface area contributed by atoms with Gasteiger partial charge in [0.2, 0.25) is 0 Å². The fourth-order valence-electron chi connectivity index (χ4n) is 1.06. The molecule has 0 amide bonds. The molecule has 0 aliphatic heterocycles. The van der Waals surface area contributed by atoms with Gasteiger partial charge in [-0.15, -0.1) is 0 Å². The molecule has 1 unspecified atom stereocenters. The summed E-state index contributed by atoms with van der Waals surface area (Å²) in [6.07, 6.45) is -0.924. The zero-order valence-corrected chi connectivity index (χ0v) is 8.81. The largest absolute Gasteiger partial charge is 0.387 e. The van der Waals surface area contributed by atoms with Gasteiger partial charge in [0.25, 0.3) is 0 Å². The van der Waals surface area contributed by atoms with Crippen LogP contribution in [0.4, 0.5) is 4.39 Å². The molecule has 1 aromatic carbocycles. The predicted molar refractivity (Wildman–Crippen MR) is 52.9 cm³/mol. The van der Waals surface area contributed by atoms with Crippen LogP contribution in [0.25, 0.3) is 0 Å². The van der Waals surface area contributed by atoms with Gasteiger partial charge in [-0.3, -0.25) is 0 Å². The van der Waals surface area contributed by atoms with Crippen LogP contribution in [-0.2, 0) is 0 Å². The van der Waals surface area contributed by atoms with Crippen molar-refractivity contribution in [3.63, 3.8) is 0 Å². The number of aliphatic hydroxyl groups excluding tert-OH is 1. The Morgan fingerprint density at radius 3 is 2.77 bits per heavy atom. The van der Waals surface area contributed by atoms with E-state index in [1.165, 1.54) is 6.07 Å². The Morgan fingerprint density at radius 1 is 1.62 bits per heavy atom. The summed E-state index contributed by atoms with van der Waals surface area (Å²) in [5.41, 5.74) is 6.36. The van der Waals surface area contributed by atoms with Gasteiger partial charge < -0.3 is 10.8 Å². The molecule has 0 saturated carbocycles. The number of nitrogens with two attached hydrogens (primary N) is 1. The normalized spacial score (nSPS) is 13.0. The SMILES string of the molecule is Cc1cc(C(O)CN)c(F)cc1Br. The first-order valence-electron chi connectivity index (χ1n) is 3.90. The van der Waals surface area contributed by atoms with Gasteiger partial charge in [-0.25, -0.2) is 4.39 Å². The van der Waals surface area contributed by atoms with E-state index in [-0.39, 0.29) is 12.1 Å². The van der Waals surface area contributed by atoms with E-state index in [9.17, 15) is 9.50 Å². The lowest BCUT2D eigenvalue weighted by atomic mass is 10.1. The zero-order chi connectivity index (χ0) is 10.0. The predicted octanol–water partition coefficient (Wildman–Crippen LogP) is 1.89. The highest BCUT2D eigenvalue weighted by atomic mass is 79.9. The van der Waals surface area contributed by atoms with E-state index >= 15 is 0 Å². The molecule has 0 saturated heterocycles.